The third kappa shape index (κ3) is 4.28. The number of amides is 1. The molecule has 0 saturated carbocycles. The van der Waals surface area contributed by atoms with Gasteiger partial charge in [-0.3, -0.25) is 9.59 Å². The van der Waals surface area contributed by atoms with Gasteiger partial charge < -0.3 is 10.3 Å². The van der Waals surface area contributed by atoms with Gasteiger partial charge in [-0.15, -0.1) is 0 Å². The molecule has 4 aromatic rings. The quantitative estimate of drug-likeness (QED) is 0.326. The molecule has 0 unspecified atom stereocenters. The second-order valence-electron chi connectivity index (χ2n) is 8.64. The van der Waals surface area contributed by atoms with Crippen molar-refractivity contribution in [1.29, 1.82) is 0 Å². The molecule has 0 atom stereocenters. The molecule has 5 nitrogen and oxygen atoms in total. The summed E-state index contributed by atoms with van der Waals surface area (Å²) in [6, 6.07) is 9.65. The first-order valence-corrected chi connectivity index (χ1v) is 11.5. The topological polar surface area (TPSA) is 74.8 Å². The van der Waals surface area contributed by atoms with Gasteiger partial charge in [0.2, 0.25) is 0 Å². The molecule has 0 saturated heterocycles. The summed E-state index contributed by atoms with van der Waals surface area (Å²) in [6.45, 7) is 2.10. The second-order valence-corrected chi connectivity index (χ2v) is 9.02. The number of H-pyrrole nitrogens is 1. The molecule has 0 radical (unpaired) electrons. The first-order chi connectivity index (χ1) is 17.2. The molecule has 1 aliphatic rings. The molecule has 36 heavy (non-hydrogen) atoms. The molecular formula is C27H19ClF3N3O2. The Hall–Kier alpha value is -3.91. The number of rotatable bonds is 6. The van der Waals surface area contributed by atoms with E-state index in [-0.39, 0.29) is 30.0 Å². The van der Waals surface area contributed by atoms with Crippen molar-refractivity contribution in [3.05, 3.63) is 99.1 Å². The molecule has 2 N–H and O–H groups in total. The lowest BCUT2D eigenvalue weighted by molar-refractivity contribution is -0.117. The summed E-state index contributed by atoms with van der Waals surface area (Å²) in [5.41, 5.74) is 3.56. The fraction of sp³-hybridized carbons (Fsp3) is 0.148. The zero-order valence-electron chi connectivity index (χ0n) is 19.0. The fourth-order valence-corrected chi connectivity index (χ4v) is 4.67. The number of benzene rings is 3. The third-order valence-electron chi connectivity index (χ3n) is 6.16. The van der Waals surface area contributed by atoms with Gasteiger partial charge in [0.05, 0.1) is 10.6 Å². The lowest BCUT2D eigenvalue weighted by atomic mass is 9.91. The molecule has 1 aliphatic heterocycles. The van der Waals surface area contributed by atoms with Crippen LogP contribution in [0.1, 0.15) is 32.7 Å². The maximum Gasteiger partial charge on any atom is 0.252 e. The number of Topliss-reactive ketones (excluding diaryl/α,β-unsaturated/α-hetero) is 1. The largest absolute Gasteiger partial charge is 0.348 e. The van der Waals surface area contributed by atoms with Crippen LogP contribution in [0.15, 0.2) is 48.7 Å². The van der Waals surface area contributed by atoms with Crippen LogP contribution in [0.25, 0.3) is 22.5 Å². The maximum atomic E-state index is 15.2. The predicted octanol–water partition coefficient (Wildman–Crippen LogP) is 5.72. The van der Waals surface area contributed by atoms with Gasteiger partial charge in [-0.05, 0) is 47.9 Å². The number of hydrogen-bond acceptors (Lipinski definition) is 3. The van der Waals surface area contributed by atoms with Crippen LogP contribution < -0.4 is 5.32 Å². The molecule has 0 aliphatic carbocycles. The van der Waals surface area contributed by atoms with Crippen LogP contribution in [-0.4, -0.2) is 21.7 Å². The zero-order valence-corrected chi connectivity index (χ0v) is 19.8. The molecule has 0 bridgehead atoms. The number of nitrogens with one attached hydrogen (secondary N) is 2. The fourth-order valence-electron chi connectivity index (χ4n) is 4.45. The Morgan fingerprint density at radius 2 is 1.69 bits per heavy atom. The summed E-state index contributed by atoms with van der Waals surface area (Å²) in [5, 5.41) is 2.35. The average Bonchev–Trinajstić information content (AvgIpc) is 3.45. The van der Waals surface area contributed by atoms with E-state index in [9.17, 15) is 18.4 Å². The number of nitrogens with zero attached hydrogens (tertiary/aromatic N) is 1. The molecule has 5 rings (SSSR count). The monoisotopic (exact) mass is 509 g/mol. The van der Waals surface area contributed by atoms with Gasteiger partial charge >= 0.3 is 0 Å². The Kier molecular flexibility index (Phi) is 6.14. The number of aryl methyl sites for hydroxylation is 1. The summed E-state index contributed by atoms with van der Waals surface area (Å²) in [7, 11) is 0. The van der Waals surface area contributed by atoms with E-state index in [1.165, 1.54) is 6.07 Å². The predicted molar refractivity (Wildman–Crippen MR) is 129 cm³/mol. The minimum Gasteiger partial charge on any atom is -0.348 e. The molecular weight excluding hydrogens is 491 g/mol. The van der Waals surface area contributed by atoms with E-state index in [1.807, 2.05) is 6.92 Å². The number of imidazole rings is 1. The SMILES string of the molecule is Cc1cnc(-c2ccc(-c3ccc(CC(=O)Cc4c(F)ccc(F)c4Cl)cc3F)c3c2C(=O)NC3)[nH]1. The Bertz CT molecular complexity index is 1550. The minimum atomic E-state index is -0.815. The van der Waals surface area contributed by atoms with E-state index in [1.54, 1.807) is 30.5 Å². The number of hydrogen-bond donors (Lipinski definition) is 2. The highest BCUT2D eigenvalue weighted by Gasteiger charge is 2.28. The highest BCUT2D eigenvalue weighted by atomic mass is 35.5. The third-order valence-corrected chi connectivity index (χ3v) is 6.57. The number of aromatic nitrogens is 2. The second kappa shape index (κ2) is 9.28. The molecule has 0 fully saturated rings. The lowest BCUT2D eigenvalue weighted by Crippen LogP contribution is -2.13. The van der Waals surface area contributed by atoms with E-state index in [0.29, 0.717) is 33.6 Å². The summed E-state index contributed by atoms with van der Waals surface area (Å²) >= 11 is 5.81. The van der Waals surface area contributed by atoms with Crippen molar-refractivity contribution >= 4 is 23.3 Å². The highest BCUT2D eigenvalue weighted by molar-refractivity contribution is 6.31. The van der Waals surface area contributed by atoms with Gasteiger partial charge in [-0.2, -0.15) is 0 Å². The van der Waals surface area contributed by atoms with E-state index >= 15 is 4.39 Å². The Morgan fingerprint density at radius 1 is 0.972 bits per heavy atom. The first-order valence-electron chi connectivity index (χ1n) is 11.1. The van der Waals surface area contributed by atoms with E-state index < -0.39 is 34.7 Å². The van der Waals surface area contributed by atoms with Crippen molar-refractivity contribution in [1.82, 2.24) is 15.3 Å². The van der Waals surface area contributed by atoms with Crippen molar-refractivity contribution in [3.63, 3.8) is 0 Å². The van der Waals surface area contributed by atoms with Crippen LogP contribution >= 0.6 is 11.6 Å². The van der Waals surface area contributed by atoms with Gasteiger partial charge in [-0.25, -0.2) is 18.2 Å². The summed E-state index contributed by atoms with van der Waals surface area (Å²) in [5.74, 6) is -2.31. The van der Waals surface area contributed by atoms with Crippen LogP contribution in [0.4, 0.5) is 13.2 Å². The lowest BCUT2D eigenvalue weighted by Gasteiger charge is -2.12. The van der Waals surface area contributed by atoms with Crippen molar-refractivity contribution in [2.75, 3.05) is 0 Å². The average molecular weight is 510 g/mol. The number of aromatic amines is 1. The number of halogens is 4. The first kappa shape index (κ1) is 23.8. The smallest absolute Gasteiger partial charge is 0.252 e. The summed E-state index contributed by atoms with van der Waals surface area (Å²) in [6.07, 6.45) is 1.07. The van der Waals surface area contributed by atoms with E-state index in [0.717, 1.165) is 17.8 Å². The number of ketones is 1. The van der Waals surface area contributed by atoms with Crippen LogP contribution in [0.3, 0.4) is 0 Å². The van der Waals surface area contributed by atoms with Crippen molar-refractivity contribution in [2.45, 2.75) is 26.3 Å². The van der Waals surface area contributed by atoms with Crippen LogP contribution in [0.2, 0.25) is 5.02 Å². The number of fused-ring (bicyclic) bond motifs is 1. The zero-order chi connectivity index (χ0) is 25.6. The Balaban J connectivity index is 1.43. The van der Waals surface area contributed by atoms with Gasteiger partial charge in [0.25, 0.3) is 5.91 Å². The minimum absolute atomic E-state index is 0.182. The Labute approximate surface area is 209 Å². The highest BCUT2D eigenvalue weighted by Crippen LogP contribution is 2.36. The molecule has 3 aromatic carbocycles. The van der Waals surface area contributed by atoms with Crippen LogP contribution in [0, 0.1) is 24.4 Å². The standard InChI is InChI=1S/C27H19ClF3N3O2/c1-13-11-32-26(34-13)18-5-4-16(20-12-33-27(36)24(18)20)17-3-2-14(9-23(17)31)8-15(35)10-19-21(29)6-7-22(30)25(19)28/h2-7,9,11H,8,10,12H2,1H3,(H,32,34)(H,33,36). The van der Waals surface area contributed by atoms with E-state index in [2.05, 4.69) is 15.3 Å². The molecule has 9 heteroatoms. The summed E-state index contributed by atoms with van der Waals surface area (Å²) < 4.78 is 42.9. The molecule has 1 aromatic heterocycles. The van der Waals surface area contributed by atoms with Crippen LogP contribution in [0.5, 0.6) is 0 Å². The van der Waals surface area contributed by atoms with Gasteiger partial charge in [-0.1, -0.05) is 29.8 Å². The van der Waals surface area contributed by atoms with E-state index in [4.69, 9.17) is 11.6 Å². The number of carbonyl (C=O) groups excluding carboxylic acids is 2. The maximum absolute atomic E-state index is 15.2. The molecule has 0 spiro atoms. The number of carbonyl (C=O) groups is 2. The van der Waals surface area contributed by atoms with Gasteiger partial charge in [0, 0.05) is 48.0 Å². The molecule has 182 valence electrons. The van der Waals surface area contributed by atoms with Crippen molar-refractivity contribution in [2.24, 2.45) is 0 Å². The Morgan fingerprint density at radius 3 is 2.42 bits per heavy atom. The summed E-state index contributed by atoms with van der Waals surface area (Å²) in [4.78, 5) is 32.5. The molecule has 2 heterocycles. The normalized spacial score (nSPS) is 12.5. The van der Waals surface area contributed by atoms with Gasteiger partial charge in [0.15, 0.2) is 0 Å². The van der Waals surface area contributed by atoms with Gasteiger partial charge in [0.1, 0.15) is 29.1 Å². The van der Waals surface area contributed by atoms with Crippen molar-refractivity contribution in [3.8, 4) is 22.5 Å². The van der Waals surface area contributed by atoms with Crippen LogP contribution in [-0.2, 0) is 24.2 Å². The molecule has 1 amide bonds. The van der Waals surface area contributed by atoms with Crippen molar-refractivity contribution < 1.29 is 22.8 Å².